The number of halogens is 2. The van der Waals surface area contributed by atoms with E-state index in [0.29, 0.717) is 27.7 Å². The third-order valence-electron chi connectivity index (χ3n) is 4.85. The van der Waals surface area contributed by atoms with Crippen molar-refractivity contribution in [3.63, 3.8) is 0 Å². The minimum atomic E-state index is -0.757. The van der Waals surface area contributed by atoms with Gasteiger partial charge in [-0.05, 0) is 50.2 Å². The molecule has 0 saturated heterocycles. The predicted molar refractivity (Wildman–Crippen MR) is 116 cm³/mol. The third kappa shape index (κ3) is 4.27. The Hall–Kier alpha value is -3.33. The van der Waals surface area contributed by atoms with E-state index in [1.165, 1.54) is 11.0 Å². The maximum absolute atomic E-state index is 14.2. The molecule has 0 bridgehead atoms. The van der Waals surface area contributed by atoms with Crippen molar-refractivity contribution in [3.05, 3.63) is 71.1 Å². The Bertz CT molecular complexity index is 1250. The summed E-state index contributed by atoms with van der Waals surface area (Å²) in [7, 11) is 1.55. The van der Waals surface area contributed by atoms with Crippen LogP contribution < -0.4 is 9.64 Å². The summed E-state index contributed by atoms with van der Waals surface area (Å²) < 4.78 is 35.2. The smallest absolute Gasteiger partial charge is 0.260 e. The number of aromatic nitrogens is 3. The van der Waals surface area contributed by atoms with Crippen molar-refractivity contribution < 1.29 is 18.3 Å². The highest BCUT2D eigenvalue weighted by atomic mass is 32.1. The minimum absolute atomic E-state index is 0.0417. The van der Waals surface area contributed by atoms with E-state index >= 15 is 0 Å². The first-order chi connectivity index (χ1) is 14.9. The van der Waals surface area contributed by atoms with Crippen molar-refractivity contribution in [2.24, 2.45) is 0 Å². The van der Waals surface area contributed by atoms with E-state index in [1.807, 2.05) is 19.9 Å². The number of aryl methyl sites for hydroxylation is 2. The molecule has 31 heavy (non-hydrogen) atoms. The Labute approximate surface area is 181 Å². The monoisotopic (exact) mass is 442 g/mol. The van der Waals surface area contributed by atoms with Gasteiger partial charge in [0.15, 0.2) is 10.9 Å². The first-order valence-electron chi connectivity index (χ1n) is 9.58. The highest BCUT2D eigenvalue weighted by Crippen LogP contribution is 2.32. The molecule has 2 heterocycles. The van der Waals surface area contributed by atoms with Gasteiger partial charge >= 0.3 is 0 Å². The van der Waals surface area contributed by atoms with Gasteiger partial charge in [0, 0.05) is 23.9 Å². The maximum atomic E-state index is 14.2. The lowest BCUT2D eigenvalue weighted by Crippen LogP contribution is -2.34. The number of amides is 1. The number of nitrogens with zero attached hydrogens (tertiary/aromatic N) is 4. The summed E-state index contributed by atoms with van der Waals surface area (Å²) in [6, 6.07) is 10.7. The van der Waals surface area contributed by atoms with E-state index in [9.17, 15) is 13.6 Å². The van der Waals surface area contributed by atoms with E-state index in [0.717, 1.165) is 28.8 Å². The zero-order chi connectivity index (χ0) is 22.1. The number of carbonyl (C=O) groups is 1. The molecule has 0 spiro atoms. The van der Waals surface area contributed by atoms with Gasteiger partial charge in [0.2, 0.25) is 0 Å². The van der Waals surface area contributed by atoms with Crippen LogP contribution in [0.3, 0.4) is 0 Å². The molecule has 2 aromatic carbocycles. The van der Waals surface area contributed by atoms with Crippen molar-refractivity contribution in [2.45, 2.75) is 20.4 Å². The second-order valence-corrected chi connectivity index (χ2v) is 8.08. The molecule has 0 saturated carbocycles. The molecule has 0 fully saturated rings. The molecule has 0 unspecified atom stereocenters. The molecule has 4 aromatic rings. The summed E-state index contributed by atoms with van der Waals surface area (Å²) >= 11 is 1.07. The van der Waals surface area contributed by atoms with E-state index < -0.39 is 11.6 Å². The molecule has 0 radical (unpaired) electrons. The number of hydrogen-bond acceptors (Lipinski definition) is 5. The lowest BCUT2D eigenvalue weighted by atomic mass is 10.2. The van der Waals surface area contributed by atoms with Crippen LogP contribution in [0.2, 0.25) is 0 Å². The largest absolute Gasteiger partial charge is 0.497 e. The standard InChI is InChI=1S/C22H20F2N4O2S/c1-13-10-14(2)28(26-13)9-8-27(21(29)15-4-6-17(30-3)7-5-15)22-25-20-18(24)11-16(23)12-19(20)31-22/h4-7,10-12H,8-9H2,1-3H3. The van der Waals surface area contributed by atoms with Crippen LogP contribution in [-0.2, 0) is 6.54 Å². The van der Waals surface area contributed by atoms with Crippen molar-refractivity contribution in [1.29, 1.82) is 0 Å². The van der Waals surface area contributed by atoms with Crippen molar-refractivity contribution in [2.75, 3.05) is 18.6 Å². The number of fused-ring (bicyclic) bond motifs is 1. The number of anilines is 1. The molecule has 0 atom stereocenters. The number of ether oxygens (including phenoxy) is 1. The lowest BCUT2D eigenvalue weighted by molar-refractivity contribution is 0.0985. The molecule has 2 aromatic heterocycles. The molecular formula is C22H20F2N4O2S. The number of thiazole rings is 1. The first kappa shape index (κ1) is 20.9. The minimum Gasteiger partial charge on any atom is -0.497 e. The van der Waals surface area contributed by atoms with Crippen molar-refractivity contribution >= 4 is 32.6 Å². The Balaban J connectivity index is 1.71. The normalized spacial score (nSPS) is 11.1. The van der Waals surface area contributed by atoms with Crippen LogP contribution in [0.15, 0.2) is 42.5 Å². The topological polar surface area (TPSA) is 60.2 Å². The summed E-state index contributed by atoms with van der Waals surface area (Å²) in [6.07, 6.45) is 0. The number of rotatable bonds is 6. The van der Waals surface area contributed by atoms with Crippen LogP contribution in [0.5, 0.6) is 5.75 Å². The molecule has 0 N–H and O–H groups in total. The van der Waals surface area contributed by atoms with Gasteiger partial charge in [-0.25, -0.2) is 13.8 Å². The lowest BCUT2D eigenvalue weighted by Gasteiger charge is -2.20. The van der Waals surface area contributed by atoms with Crippen LogP contribution in [0.1, 0.15) is 21.7 Å². The van der Waals surface area contributed by atoms with Crippen LogP contribution in [0.4, 0.5) is 13.9 Å². The molecule has 0 aliphatic heterocycles. The number of carbonyl (C=O) groups excluding carboxylic acids is 1. The molecule has 160 valence electrons. The summed E-state index contributed by atoms with van der Waals surface area (Å²) in [5.41, 5.74) is 2.31. The quantitative estimate of drug-likeness (QED) is 0.433. The zero-order valence-corrected chi connectivity index (χ0v) is 18.0. The number of hydrogen-bond donors (Lipinski definition) is 0. The number of benzene rings is 2. The van der Waals surface area contributed by atoms with Gasteiger partial charge in [0.25, 0.3) is 5.91 Å². The second kappa shape index (κ2) is 8.43. The van der Waals surface area contributed by atoms with E-state index in [1.54, 1.807) is 36.1 Å². The Morgan fingerprint density at radius 2 is 1.90 bits per heavy atom. The van der Waals surface area contributed by atoms with Crippen LogP contribution in [0, 0.1) is 25.5 Å². The fourth-order valence-electron chi connectivity index (χ4n) is 3.33. The van der Waals surface area contributed by atoms with Gasteiger partial charge in [-0.1, -0.05) is 11.3 Å². The second-order valence-electron chi connectivity index (χ2n) is 7.07. The molecule has 4 rings (SSSR count). The molecule has 1 amide bonds. The number of methoxy groups -OCH3 is 1. The average molecular weight is 442 g/mol. The third-order valence-corrected chi connectivity index (χ3v) is 5.88. The molecule has 0 aliphatic carbocycles. The fourth-order valence-corrected chi connectivity index (χ4v) is 4.36. The highest BCUT2D eigenvalue weighted by Gasteiger charge is 2.23. The van der Waals surface area contributed by atoms with Gasteiger partial charge in [-0.3, -0.25) is 14.4 Å². The first-order valence-corrected chi connectivity index (χ1v) is 10.4. The fraction of sp³-hybridized carbons (Fsp3) is 0.227. The maximum Gasteiger partial charge on any atom is 0.260 e. The van der Waals surface area contributed by atoms with Gasteiger partial charge < -0.3 is 4.74 Å². The van der Waals surface area contributed by atoms with Gasteiger partial charge in [0.05, 0.1) is 24.0 Å². The molecule has 6 nitrogen and oxygen atoms in total. The highest BCUT2D eigenvalue weighted by molar-refractivity contribution is 7.22. The van der Waals surface area contributed by atoms with E-state index in [2.05, 4.69) is 10.1 Å². The van der Waals surface area contributed by atoms with Gasteiger partial charge in [-0.15, -0.1) is 0 Å². The molecular weight excluding hydrogens is 422 g/mol. The van der Waals surface area contributed by atoms with E-state index in [-0.39, 0.29) is 18.0 Å². The summed E-state index contributed by atoms with van der Waals surface area (Å²) in [5, 5.41) is 4.73. The Kier molecular flexibility index (Phi) is 5.69. The summed E-state index contributed by atoms with van der Waals surface area (Å²) in [5.74, 6) is -1.11. The van der Waals surface area contributed by atoms with Crippen LogP contribution in [-0.4, -0.2) is 34.3 Å². The molecule has 9 heteroatoms. The summed E-state index contributed by atoms with van der Waals surface area (Å²) in [4.78, 5) is 19.1. The van der Waals surface area contributed by atoms with Crippen LogP contribution >= 0.6 is 11.3 Å². The van der Waals surface area contributed by atoms with Gasteiger partial charge in [-0.2, -0.15) is 5.10 Å². The Morgan fingerprint density at radius 3 is 2.55 bits per heavy atom. The Morgan fingerprint density at radius 1 is 1.16 bits per heavy atom. The van der Waals surface area contributed by atoms with Crippen LogP contribution in [0.25, 0.3) is 10.2 Å². The predicted octanol–water partition coefficient (Wildman–Crippen LogP) is 4.74. The zero-order valence-electron chi connectivity index (χ0n) is 17.2. The van der Waals surface area contributed by atoms with Crippen molar-refractivity contribution in [3.8, 4) is 5.75 Å². The SMILES string of the molecule is COc1ccc(C(=O)N(CCn2nc(C)cc2C)c2nc3c(F)cc(F)cc3s2)cc1. The van der Waals surface area contributed by atoms with Gasteiger partial charge in [0.1, 0.15) is 17.1 Å². The average Bonchev–Trinajstić information content (AvgIpc) is 3.30. The van der Waals surface area contributed by atoms with E-state index in [4.69, 9.17) is 4.74 Å². The van der Waals surface area contributed by atoms with Crippen molar-refractivity contribution in [1.82, 2.24) is 14.8 Å². The molecule has 0 aliphatic rings. The summed E-state index contributed by atoms with van der Waals surface area (Å²) in [6.45, 7) is 4.52.